The Morgan fingerprint density at radius 3 is 2.88 bits per heavy atom. The smallest absolute Gasteiger partial charge is 0.227 e. The Hall–Kier alpha value is -0.610. The summed E-state index contributed by atoms with van der Waals surface area (Å²) in [6, 6.07) is 0. The minimum absolute atomic E-state index is 0.166. The highest BCUT2D eigenvalue weighted by Crippen LogP contribution is 2.31. The first-order chi connectivity index (χ1) is 7.75. The molecule has 0 aromatic heterocycles. The van der Waals surface area contributed by atoms with Gasteiger partial charge < -0.3 is 15.4 Å². The summed E-state index contributed by atoms with van der Waals surface area (Å²) in [4.78, 5) is 12.1. The standard InChI is InChI=1S/C12H24N2O2/c1-3-5-12(6-7-13-10-12)11(15)14-8-9-16-4-2/h13H,3-10H2,1-2H3,(H,14,15). The number of carbonyl (C=O) groups is 1. The van der Waals surface area contributed by atoms with Gasteiger partial charge in [0.1, 0.15) is 0 Å². The van der Waals surface area contributed by atoms with Gasteiger partial charge in [-0.2, -0.15) is 0 Å². The molecule has 4 heteroatoms. The van der Waals surface area contributed by atoms with Crippen molar-refractivity contribution in [3.8, 4) is 0 Å². The van der Waals surface area contributed by atoms with Crippen molar-refractivity contribution < 1.29 is 9.53 Å². The molecule has 1 unspecified atom stereocenters. The normalized spacial score (nSPS) is 24.6. The van der Waals surface area contributed by atoms with Gasteiger partial charge in [-0.1, -0.05) is 13.3 Å². The van der Waals surface area contributed by atoms with Crippen LogP contribution in [0.5, 0.6) is 0 Å². The third kappa shape index (κ3) is 3.46. The summed E-state index contributed by atoms with van der Waals surface area (Å²) >= 11 is 0. The molecule has 0 radical (unpaired) electrons. The minimum atomic E-state index is -0.166. The lowest BCUT2D eigenvalue weighted by atomic mass is 9.81. The molecule has 0 aromatic rings. The molecular formula is C12H24N2O2. The summed E-state index contributed by atoms with van der Waals surface area (Å²) in [7, 11) is 0. The zero-order chi connectivity index (χ0) is 11.9. The van der Waals surface area contributed by atoms with E-state index in [-0.39, 0.29) is 11.3 Å². The molecule has 94 valence electrons. The maximum Gasteiger partial charge on any atom is 0.227 e. The molecule has 4 nitrogen and oxygen atoms in total. The molecule has 1 rings (SSSR count). The molecule has 0 aromatic carbocycles. The van der Waals surface area contributed by atoms with Gasteiger partial charge in [-0.05, 0) is 26.3 Å². The fraction of sp³-hybridized carbons (Fsp3) is 0.917. The van der Waals surface area contributed by atoms with Crippen LogP contribution in [0, 0.1) is 5.41 Å². The maximum atomic E-state index is 12.1. The van der Waals surface area contributed by atoms with Gasteiger partial charge in [0.15, 0.2) is 0 Å². The van der Waals surface area contributed by atoms with Gasteiger partial charge >= 0.3 is 0 Å². The van der Waals surface area contributed by atoms with Crippen molar-refractivity contribution in [1.29, 1.82) is 0 Å². The maximum absolute atomic E-state index is 12.1. The molecule has 1 amide bonds. The number of hydrogen-bond donors (Lipinski definition) is 2. The van der Waals surface area contributed by atoms with Crippen LogP contribution < -0.4 is 10.6 Å². The average molecular weight is 228 g/mol. The van der Waals surface area contributed by atoms with Crippen LogP contribution in [0.2, 0.25) is 0 Å². The molecule has 1 aliphatic heterocycles. The Morgan fingerprint density at radius 1 is 1.50 bits per heavy atom. The summed E-state index contributed by atoms with van der Waals surface area (Å²) in [5.74, 6) is 0.194. The molecule has 0 bridgehead atoms. The van der Waals surface area contributed by atoms with E-state index in [1.165, 1.54) is 0 Å². The Kier molecular flexibility index (Phi) is 5.77. The van der Waals surface area contributed by atoms with Crippen molar-refractivity contribution in [2.75, 3.05) is 32.8 Å². The molecule has 2 N–H and O–H groups in total. The quantitative estimate of drug-likeness (QED) is 0.637. The van der Waals surface area contributed by atoms with E-state index in [4.69, 9.17) is 4.74 Å². The van der Waals surface area contributed by atoms with E-state index in [1.807, 2.05) is 6.92 Å². The van der Waals surface area contributed by atoms with Gasteiger partial charge in [0.05, 0.1) is 12.0 Å². The molecule has 1 aliphatic rings. The summed E-state index contributed by atoms with van der Waals surface area (Å²) in [6.45, 7) is 7.81. The lowest BCUT2D eigenvalue weighted by molar-refractivity contribution is -0.130. The number of ether oxygens (including phenoxy) is 1. The first kappa shape index (κ1) is 13.5. The molecule has 0 aliphatic carbocycles. The average Bonchev–Trinajstić information content (AvgIpc) is 2.74. The van der Waals surface area contributed by atoms with Crippen molar-refractivity contribution >= 4 is 5.91 Å². The second kappa shape index (κ2) is 6.86. The van der Waals surface area contributed by atoms with E-state index in [9.17, 15) is 4.79 Å². The topological polar surface area (TPSA) is 50.4 Å². The van der Waals surface area contributed by atoms with Crippen LogP contribution in [0.25, 0.3) is 0 Å². The van der Waals surface area contributed by atoms with Crippen LogP contribution in [0.4, 0.5) is 0 Å². The van der Waals surface area contributed by atoms with Gasteiger partial charge in [-0.25, -0.2) is 0 Å². The lowest BCUT2D eigenvalue weighted by Crippen LogP contribution is -2.43. The van der Waals surface area contributed by atoms with Crippen molar-refractivity contribution in [3.63, 3.8) is 0 Å². The third-order valence-electron chi connectivity index (χ3n) is 3.19. The van der Waals surface area contributed by atoms with Crippen LogP contribution in [0.15, 0.2) is 0 Å². The van der Waals surface area contributed by atoms with Gasteiger partial charge in [-0.3, -0.25) is 4.79 Å². The molecule has 16 heavy (non-hydrogen) atoms. The van der Waals surface area contributed by atoms with Gasteiger partial charge in [0.2, 0.25) is 5.91 Å². The monoisotopic (exact) mass is 228 g/mol. The Balaban J connectivity index is 2.36. The van der Waals surface area contributed by atoms with Crippen LogP contribution >= 0.6 is 0 Å². The number of rotatable bonds is 7. The van der Waals surface area contributed by atoms with E-state index in [0.717, 1.165) is 32.4 Å². The third-order valence-corrected chi connectivity index (χ3v) is 3.19. The number of carbonyl (C=O) groups excluding carboxylic acids is 1. The molecule has 0 spiro atoms. The van der Waals surface area contributed by atoms with E-state index in [0.29, 0.717) is 19.8 Å². The Bertz CT molecular complexity index is 213. The fourth-order valence-electron chi connectivity index (χ4n) is 2.31. The largest absolute Gasteiger partial charge is 0.380 e. The van der Waals surface area contributed by atoms with Crippen molar-refractivity contribution in [2.24, 2.45) is 5.41 Å². The highest BCUT2D eigenvalue weighted by atomic mass is 16.5. The zero-order valence-electron chi connectivity index (χ0n) is 10.5. The summed E-state index contributed by atoms with van der Waals surface area (Å²) in [5.41, 5.74) is -0.166. The molecular weight excluding hydrogens is 204 g/mol. The highest BCUT2D eigenvalue weighted by Gasteiger charge is 2.39. The first-order valence-corrected chi connectivity index (χ1v) is 6.32. The molecule has 1 atom stereocenters. The highest BCUT2D eigenvalue weighted by molar-refractivity contribution is 5.83. The Morgan fingerprint density at radius 2 is 2.31 bits per heavy atom. The molecule has 1 saturated heterocycles. The number of hydrogen-bond acceptors (Lipinski definition) is 3. The van der Waals surface area contributed by atoms with E-state index in [1.54, 1.807) is 0 Å². The predicted octanol–water partition coefficient (Wildman–Crippen LogP) is 0.919. The molecule has 1 fully saturated rings. The van der Waals surface area contributed by atoms with Crippen LogP contribution in [-0.2, 0) is 9.53 Å². The minimum Gasteiger partial charge on any atom is -0.380 e. The summed E-state index contributed by atoms with van der Waals surface area (Å²) < 4.78 is 5.21. The Labute approximate surface area is 98.1 Å². The van der Waals surface area contributed by atoms with E-state index < -0.39 is 0 Å². The fourth-order valence-corrected chi connectivity index (χ4v) is 2.31. The second-order valence-electron chi connectivity index (χ2n) is 4.41. The van der Waals surface area contributed by atoms with Crippen LogP contribution in [-0.4, -0.2) is 38.8 Å². The van der Waals surface area contributed by atoms with Gasteiger partial charge in [-0.15, -0.1) is 0 Å². The molecule has 0 saturated carbocycles. The summed E-state index contributed by atoms with van der Waals surface area (Å²) in [6.07, 6.45) is 2.99. The number of amides is 1. The van der Waals surface area contributed by atoms with Gasteiger partial charge in [0.25, 0.3) is 0 Å². The lowest BCUT2D eigenvalue weighted by Gasteiger charge is -2.26. The SMILES string of the molecule is CCCC1(C(=O)NCCOCC)CCNC1. The van der Waals surface area contributed by atoms with Crippen molar-refractivity contribution in [1.82, 2.24) is 10.6 Å². The van der Waals surface area contributed by atoms with Gasteiger partial charge in [0, 0.05) is 19.7 Å². The zero-order valence-corrected chi connectivity index (χ0v) is 10.5. The summed E-state index contributed by atoms with van der Waals surface area (Å²) in [5, 5.41) is 6.27. The van der Waals surface area contributed by atoms with Crippen LogP contribution in [0.1, 0.15) is 33.1 Å². The van der Waals surface area contributed by atoms with Crippen molar-refractivity contribution in [3.05, 3.63) is 0 Å². The molecule has 1 heterocycles. The van der Waals surface area contributed by atoms with Crippen LogP contribution in [0.3, 0.4) is 0 Å². The number of nitrogens with one attached hydrogen (secondary N) is 2. The second-order valence-corrected chi connectivity index (χ2v) is 4.41. The van der Waals surface area contributed by atoms with Crippen molar-refractivity contribution in [2.45, 2.75) is 33.1 Å². The predicted molar refractivity (Wildman–Crippen MR) is 64.3 cm³/mol. The first-order valence-electron chi connectivity index (χ1n) is 6.32. The van der Waals surface area contributed by atoms with E-state index in [2.05, 4.69) is 17.6 Å². The van der Waals surface area contributed by atoms with E-state index >= 15 is 0 Å².